The molecular formula is C30H47F6O23P. The first kappa shape index (κ1) is 61.0. The standard InChI is InChI=1S/C5H10O2.C4H3F3O3.C4H6O3.C4H8O3.C3H2F2O3.C3H3FO3.C3H4O3.C3H6O3.CH5P/c1-3-5(6)7-4-2;5-4(6,7)2-1-9-3(8)10-2;1-3-2-6-4(5)7-3;1-3-7-4(5)6-2;4-1-2(5)8-3(6)7-1;4-2-1-6-3(5)7-2;4-3-5-1-2-6-3;1-5-3(4)6-2;1-2/h3-4H2,1-2H3;2H,1H2;3H,2H2,1H3;3H2,1-2H3;1-2H;2H,1H2;1-2H2;1-2H3;2H2,1H3. The molecule has 5 aliphatic heterocycles. The molecule has 5 rings (SSSR count). The van der Waals surface area contributed by atoms with E-state index in [1.54, 1.807) is 27.7 Å². The molecule has 0 saturated carbocycles. The monoisotopic (exact) mass is 920 g/mol. The zero-order chi connectivity index (χ0) is 47.3. The lowest BCUT2D eigenvalue weighted by molar-refractivity contribution is -0.193. The molecular weight excluding hydrogens is 873 g/mol. The van der Waals surface area contributed by atoms with Gasteiger partial charge in [-0.1, -0.05) is 13.6 Å². The summed E-state index contributed by atoms with van der Waals surface area (Å²) in [4.78, 5) is 79.2. The first-order chi connectivity index (χ1) is 28.1. The van der Waals surface area contributed by atoms with E-state index in [1.165, 1.54) is 21.3 Å². The molecule has 352 valence electrons. The van der Waals surface area contributed by atoms with Crippen LogP contribution in [0.3, 0.4) is 0 Å². The molecule has 0 N–H and O–H groups in total. The summed E-state index contributed by atoms with van der Waals surface area (Å²) < 4.78 is 131. The van der Waals surface area contributed by atoms with Crippen LogP contribution in [-0.4, -0.2) is 161 Å². The normalized spacial score (nSPS) is 20.6. The summed E-state index contributed by atoms with van der Waals surface area (Å²) in [6.07, 6.45) is -18.1. The second-order valence-electron chi connectivity index (χ2n) is 9.13. The molecule has 0 aliphatic carbocycles. The van der Waals surface area contributed by atoms with Crippen molar-refractivity contribution in [2.45, 2.75) is 71.6 Å². The van der Waals surface area contributed by atoms with Crippen molar-refractivity contribution in [3.8, 4) is 0 Å². The van der Waals surface area contributed by atoms with E-state index >= 15 is 0 Å². The Morgan fingerprint density at radius 3 is 1.17 bits per heavy atom. The van der Waals surface area contributed by atoms with E-state index in [-0.39, 0.29) is 18.7 Å². The Labute approximate surface area is 340 Å². The molecule has 30 heteroatoms. The molecule has 23 nitrogen and oxygen atoms in total. The number of carbonyl (C=O) groups is 8. The van der Waals surface area contributed by atoms with Crippen LogP contribution in [-0.2, 0) is 75.8 Å². The van der Waals surface area contributed by atoms with Gasteiger partial charge in [-0.3, -0.25) is 4.79 Å². The fourth-order valence-electron chi connectivity index (χ4n) is 2.35. The van der Waals surface area contributed by atoms with Crippen molar-refractivity contribution in [3.05, 3.63) is 0 Å². The molecule has 0 spiro atoms. The van der Waals surface area contributed by atoms with Crippen LogP contribution in [0.5, 0.6) is 0 Å². The predicted octanol–water partition coefficient (Wildman–Crippen LogP) is 5.61. The van der Waals surface area contributed by atoms with Crippen molar-refractivity contribution in [1.29, 1.82) is 0 Å². The molecule has 0 aromatic carbocycles. The number of hydrogen-bond acceptors (Lipinski definition) is 23. The van der Waals surface area contributed by atoms with Crippen molar-refractivity contribution in [2.24, 2.45) is 0 Å². The summed E-state index contributed by atoms with van der Waals surface area (Å²) in [6, 6.07) is 0. The molecule has 0 bridgehead atoms. The van der Waals surface area contributed by atoms with Crippen LogP contribution < -0.4 is 0 Å². The van der Waals surface area contributed by atoms with Gasteiger partial charge < -0.3 is 71.1 Å². The molecule has 0 radical (unpaired) electrons. The van der Waals surface area contributed by atoms with Gasteiger partial charge in [-0.25, -0.2) is 33.6 Å². The van der Waals surface area contributed by atoms with Crippen LogP contribution in [0.4, 0.5) is 59.9 Å². The molecule has 6 atom stereocenters. The number of methoxy groups -OCH3 is 3. The minimum absolute atomic E-state index is 0.0486. The summed E-state index contributed by atoms with van der Waals surface area (Å²) in [7, 11) is 6.20. The number of ether oxygens (including phenoxy) is 15. The van der Waals surface area contributed by atoms with Gasteiger partial charge in [0.25, 0.3) is 6.36 Å². The lowest BCUT2D eigenvalue weighted by atomic mass is 10.4. The quantitative estimate of drug-likeness (QED) is 0.144. The Morgan fingerprint density at radius 1 is 0.600 bits per heavy atom. The lowest BCUT2D eigenvalue weighted by Gasteiger charge is -2.09. The summed E-state index contributed by atoms with van der Waals surface area (Å²) in [6.45, 7) is 10.1. The largest absolute Gasteiger partial charge is 0.513 e. The fourth-order valence-corrected chi connectivity index (χ4v) is 2.35. The van der Waals surface area contributed by atoms with Gasteiger partial charge in [0.1, 0.15) is 32.5 Å². The maximum Gasteiger partial charge on any atom is 0.513 e. The Kier molecular flexibility index (Phi) is 38.3. The zero-order valence-corrected chi connectivity index (χ0v) is 34.4. The number of carbonyl (C=O) groups excluding carboxylic acids is 8. The van der Waals surface area contributed by atoms with Crippen molar-refractivity contribution in [3.63, 3.8) is 0 Å². The summed E-state index contributed by atoms with van der Waals surface area (Å²) in [5.74, 6) is -0.123. The van der Waals surface area contributed by atoms with Crippen molar-refractivity contribution in [1.82, 2.24) is 0 Å². The highest BCUT2D eigenvalue weighted by molar-refractivity contribution is 7.15. The van der Waals surface area contributed by atoms with E-state index in [0.29, 0.717) is 39.5 Å². The number of hydrogen-bond donors (Lipinski definition) is 0. The van der Waals surface area contributed by atoms with E-state index in [9.17, 15) is 64.7 Å². The van der Waals surface area contributed by atoms with E-state index < -0.39 is 81.0 Å². The van der Waals surface area contributed by atoms with Gasteiger partial charge in [0.2, 0.25) is 6.10 Å². The van der Waals surface area contributed by atoms with Gasteiger partial charge in [-0.2, -0.15) is 26.3 Å². The molecule has 0 aromatic rings. The van der Waals surface area contributed by atoms with Crippen LogP contribution in [0.2, 0.25) is 0 Å². The first-order valence-corrected chi connectivity index (χ1v) is 17.5. The van der Waals surface area contributed by atoms with E-state index in [0.717, 1.165) is 0 Å². The topological polar surface area (TPSA) is 275 Å². The lowest BCUT2D eigenvalue weighted by Crippen LogP contribution is -2.30. The number of alkyl halides is 6. The molecule has 60 heavy (non-hydrogen) atoms. The third-order valence-corrected chi connectivity index (χ3v) is 4.75. The second-order valence-corrected chi connectivity index (χ2v) is 9.13. The van der Waals surface area contributed by atoms with Gasteiger partial charge >= 0.3 is 67.9 Å². The minimum atomic E-state index is -4.51. The highest BCUT2D eigenvalue weighted by atomic mass is 31.0. The predicted molar refractivity (Wildman–Crippen MR) is 182 cm³/mol. The highest BCUT2D eigenvalue weighted by Crippen LogP contribution is 2.26. The van der Waals surface area contributed by atoms with Gasteiger partial charge in [0.15, 0.2) is 6.61 Å². The van der Waals surface area contributed by atoms with Crippen molar-refractivity contribution < 1.29 is 136 Å². The van der Waals surface area contributed by atoms with E-state index in [4.69, 9.17) is 0 Å². The van der Waals surface area contributed by atoms with Crippen LogP contribution >= 0.6 is 9.24 Å². The van der Waals surface area contributed by atoms with Crippen LogP contribution in [0.25, 0.3) is 0 Å². The van der Waals surface area contributed by atoms with E-state index in [2.05, 4.69) is 80.3 Å². The number of esters is 1. The van der Waals surface area contributed by atoms with Gasteiger partial charge in [-0.05, 0) is 20.8 Å². The molecule has 6 unspecified atom stereocenters. The highest BCUT2D eigenvalue weighted by Gasteiger charge is 2.47. The Morgan fingerprint density at radius 2 is 1.03 bits per heavy atom. The van der Waals surface area contributed by atoms with E-state index in [1.807, 2.05) is 6.66 Å². The molecule has 0 amide bonds. The van der Waals surface area contributed by atoms with Gasteiger partial charge in [0, 0.05) is 6.42 Å². The average molecular weight is 921 g/mol. The molecule has 5 saturated heterocycles. The van der Waals surface area contributed by atoms with Gasteiger partial charge in [0.05, 0.1) is 34.5 Å². The third kappa shape index (κ3) is 37.9. The molecule has 5 fully saturated rings. The fraction of sp³-hybridized carbons (Fsp3) is 0.733. The molecule has 5 heterocycles. The first-order valence-electron chi connectivity index (χ1n) is 16.3. The Hall–Kier alpha value is -5.63. The summed E-state index contributed by atoms with van der Waals surface area (Å²) in [5.41, 5.74) is 0. The molecule has 5 aliphatic rings. The number of halogens is 6. The van der Waals surface area contributed by atoms with Crippen LogP contribution in [0.15, 0.2) is 0 Å². The smallest absolute Gasteiger partial charge is 0.466 e. The van der Waals surface area contributed by atoms with Crippen LogP contribution in [0.1, 0.15) is 34.1 Å². The van der Waals surface area contributed by atoms with Crippen molar-refractivity contribution in [2.75, 3.05) is 74.2 Å². The maximum absolute atomic E-state index is 11.6. The third-order valence-electron chi connectivity index (χ3n) is 4.75. The van der Waals surface area contributed by atoms with Crippen molar-refractivity contribution >= 4 is 58.3 Å². The molecule has 0 aromatic heterocycles. The number of rotatable bonds is 3. The Bertz CT molecular complexity index is 1160. The average Bonchev–Trinajstić information content (AvgIpc) is 4.07. The SMILES string of the molecule is CC1COC(=O)O1.CCOC(=O)CC.CCOC(=O)OC.COC(=O)OC.CP.O=C1OC(F)C(F)O1.O=C1OCC(C(F)(F)F)O1.O=C1OCC(F)O1.O=C1OCCO1. The Balaban J connectivity index is -0.000000298. The summed E-state index contributed by atoms with van der Waals surface area (Å²) in [5, 5.41) is 0. The van der Waals surface area contributed by atoms with Gasteiger partial charge in [-0.15, -0.1) is 9.24 Å². The minimum Gasteiger partial charge on any atom is -0.466 e. The maximum atomic E-state index is 11.6. The second kappa shape index (κ2) is 37.6. The zero-order valence-electron chi connectivity index (χ0n) is 33.3. The van der Waals surface area contributed by atoms with Crippen LogP contribution in [0, 0.1) is 0 Å². The number of cyclic esters (lactones) is 10. The summed E-state index contributed by atoms with van der Waals surface area (Å²) >= 11 is 0.